The summed E-state index contributed by atoms with van der Waals surface area (Å²) in [5, 5.41) is 0.805. The molecule has 1 unspecified atom stereocenters. The van der Waals surface area contributed by atoms with E-state index in [1.54, 1.807) is 0 Å². The third-order valence-corrected chi connectivity index (χ3v) is 5.35. The number of halogens is 1. The molecule has 1 aliphatic rings. The van der Waals surface area contributed by atoms with Gasteiger partial charge in [-0.2, -0.15) is 0 Å². The van der Waals surface area contributed by atoms with Gasteiger partial charge in [0.1, 0.15) is 0 Å². The molecule has 0 saturated carbocycles. The molecular formula is C17H27ClN2. The van der Waals surface area contributed by atoms with Crippen LogP contribution in [-0.4, -0.2) is 24.5 Å². The van der Waals surface area contributed by atoms with Crippen molar-refractivity contribution in [3.8, 4) is 0 Å². The van der Waals surface area contributed by atoms with Crippen LogP contribution in [0.2, 0.25) is 5.02 Å². The Balaban J connectivity index is 2.13. The molecule has 0 amide bonds. The van der Waals surface area contributed by atoms with E-state index in [0.29, 0.717) is 18.0 Å². The van der Waals surface area contributed by atoms with Crippen molar-refractivity contribution in [1.82, 2.24) is 4.90 Å². The first-order valence-corrected chi connectivity index (χ1v) is 8.07. The Morgan fingerprint density at radius 1 is 1.35 bits per heavy atom. The smallest absolute Gasteiger partial charge is 0.0473 e. The molecule has 1 aromatic carbocycles. The largest absolute Gasteiger partial charge is 0.329 e. The minimum absolute atomic E-state index is 0.327. The normalized spacial score (nSPS) is 20.9. The van der Waals surface area contributed by atoms with Crippen molar-refractivity contribution < 1.29 is 0 Å². The molecule has 1 heterocycles. The monoisotopic (exact) mass is 294 g/mol. The van der Waals surface area contributed by atoms with Crippen molar-refractivity contribution >= 4 is 11.6 Å². The molecule has 2 rings (SSSR count). The van der Waals surface area contributed by atoms with E-state index in [2.05, 4.69) is 31.7 Å². The molecule has 0 aliphatic carbocycles. The van der Waals surface area contributed by atoms with Crippen LogP contribution in [0.25, 0.3) is 0 Å². The molecule has 1 saturated heterocycles. The number of aryl methyl sites for hydroxylation is 1. The van der Waals surface area contributed by atoms with Gasteiger partial charge in [0.05, 0.1) is 0 Å². The maximum Gasteiger partial charge on any atom is 0.0473 e. The Bertz CT molecular complexity index is 450. The Labute approximate surface area is 128 Å². The second-order valence-electron chi connectivity index (χ2n) is 6.45. The fourth-order valence-electron chi connectivity index (χ4n) is 3.21. The standard InChI is InChI=1S/C17H27ClN2/c1-4-17(3)7-9-20(10-8-17)16(12-19)15-6-5-14(18)11-13(15)2/h5-6,11,16H,4,7-10,12,19H2,1-3H3. The van der Waals surface area contributed by atoms with Crippen LogP contribution in [-0.2, 0) is 0 Å². The lowest BCUT2D eigenvalue weighted by molar-refractivity contribution is 0.0827. The van der Waals surface area contributed by atoms with Crippen molar-refractivity contribution in [2.45, 2.75) is 46.1 Å². The minimum Gasteiger partial charge on any atom is -0.329 e. The van der Waals surface area contributed by atoms with Crippen LogP contribution in [0.5, 0.6) is 0 Å². The summed E-state index contributed by atoms with van der Waals surface area (Å²) in [6.07, 6.45) is 3.81. The molecule has 0 aromatic heterocycles. The molecule has 112 valence electrons. The van der Waals surface area contributed by atoms with Gasteiger partial charge < -0.3 is 5.73 Å². The van der Waals surface area contributed by atoms with Crippen molar-refractivity contribution in [2.24, 2.45) is 11.1 Å². The van der Waals surface area contributed by atoms with Crippen LogP contribution < -0.4 is 5.73 Å². The summed E-state index contributed by atoms with van der Waals surface area (Å²) in [7, 11) is 0. The molecule has 3 heteroatoms. The highest BCUT2D eigenvalue weighted by Gasteiger charge is 2.31. The van der Waals surface area contributed by atoms with Gasteiger partial charge in [-0.05, 0) is 61.5 Å². The molecule has 20 heavy (non-hydrogen) atoms. The van der Waals surface area contributed by atoms with E-state index in [1.165, 1.54) is 30.4 Å². The average molecular weight is 295 g/mol. The Hall–Kier alpha value is -0.570. The first-order valence-electron chi connectivity index (χ1n) is 7.69. The van der Waals surface area contributed by atoms with Crippen LogP contribution in [0.4, 0.5) is 0 Å². The third kappa shape index (κ3) is 3.36. The molecule has 0 bridgehead atoms. The Morgan fingerprint density at radius 3 is 2.50 bits per heavy atom. The zero-order valence-corrected chi connectivity index (χ0v) is 13.7. The molecule has 1 aromatic rings. The van der Waals surface area contributed by atoms with E-state index in [9.17, 15) is 0 Å². The molecule has 2 N–H and O–H groups in total. The Morgan fingerprint density at radius 2 is 2.00 bits per heavy atom. The molecule has 0 spiro atoms. The number of benzene rings is 1. The summed E-state index contributed by atoms with van der Waals surface area (Å²) in [6, 6.07) is 6.49. The lowest BCUT2D eigenvalue weighted by Gasteiger charge is -2.42. The zero-order chi connectivity index (χ0) is 14.8. The summed E-state index contributed by atoms with van der Waals surface area (Å²) in [6.45, 7) is 9.81. The summed E-state index contributed by atoms with van der Waals surface area (Å²) in [5.74, 6) is 0. The molecular weight excluding hydrogens is 268 g/mol. The molecule has 1 aliphatic heterocycles. The van der Waals surface area contributed by atoms with Crippen molar-refractivity contribution in [1.29, 1.82) is 0 Å². The Kier molecular flexibility index (Phi) is 5.11. The highest BCUT2D eigenvalue weighted by atomic mass is 35.5. The topological polar surface area (TPSA) is 29.3 Å². The van der Waals surface area contributed by atoms with Gasteiger partial charge in [-0.1, -0.05) is 37.9 Å². The fraction of sp³-hybridized carbons (Fsp3) is 0.647. The fourth-order valence-corrected chi connectivity index (χ4v) is 3.44. The number of hydrogen-bond acceptors (Lipinski definition) is 2. The number of hydrogen-bond donors (Lipinski definition) is 1. The van der Waals surface area contributed by atoms with Gasteiger partial charge >= 0.3 is 0 Å². The highest BCUT2D eigenvalue weighted by molar-refractivity contribution is 6.30. The average Bonchev–Trinajstić information content (AvgIpc) is 2.44. The predicted octanol–water partition coefficient (Wildman–Crippen LogP) is 4.16. The molecule has 0 radical (unpaired) electrons. The van der Waals surface area contributed by atoms with Gasteiger partial charge in [-0.25, -0.2) is 0 Å². The van der Waals surface area contributed by atoms with Crippen LogP contribution in [0, 0.1) is 12.3 Å². The van der Waals surface area contributed by atoms with Crippen molar-refractivity contribution in [3.05, 3.63) is 34.3 Å². The van der Waals surface area contributed by atoms with Gasteiger partial charge in [0.2, 0.25) is 0 Å². The second kappa shape index (κ2) is 6.46. The minimum atomic E-state index is 0.327. The maximum atomic E-state index is 6.07. The van der Waals surface area contributed by atoms with Gasteiger partial charge in [-0.3, -0.25) is 4.90 Å². The lowest BCUT2D eigenvalue weighted by atomic mass is 9.77. The number of likely N-dealkylation sites (tertiary alicyclic amines) is 1. The van der Waals surface area contributed by atoms with Crippen LogP contribution >= 0.6 is 11.6 Å². The summed E-state index contributed by atoms with van der Waals surface area (Å²) >= 11 is 6.06. The lowest BCUT2D eigenvalue weighted by Crippen LogP contribution is -2.43. The number of nitrogens with two attached hydrogens (primary N) is 1. The first-order chi connectivity index (χ1) is 9.49. The van der Waals surface area contributed by atoms with Gasteiger partial charge in [0.25, 0.3) is 0 Å². The zero-order valence-electron chi connectivity index (χ0n) is 13.0. The van der Waals surface area contributed by atoms with Crippen molar-refractivity contribution in [3.63, 3.8) is 0 Å². The first kappa shape index (κ1) is 15.8. The summed E-state index contributed by atoms with van der Waals surface area (Å²) in [5.41, 5.74) is 9.16. The van der Waals surface area contributed by atoms with E-state index in [1.807, 2.05) is 12.1 Å². The molecule has 1 fully saturated rings. The van der Waals surface area contributed by atoms with E-state index >= 15 is 0 Å². The van der Waals surface area contributed by atoms with E-state index in [0.717, 1.165) is 18.1 Å². The maximum absolute atomic E-state index is 6.07. The quantitative estimate of drug-likeness (QED) is 0.903. The van der Waals surface area contributed by atoms with E-state index < -0.39 is 0 Å². The highest BCUT2D eigenvalue weighted by Crippen LogP contribution is 2.37. The predicted molar refractivity (Wildman–Crippen MR) is 87.2 cm³/mol. The summed E-state index contributed by atoms with van der Waals surface area (Å²) in [4.78, 5) is 2.55. The number of rotatable bonds is 4. The molecule has 1 atom stereocenters. The summed E-state index contributed by atoms with van der Waals surface area (Å²) < 4.78 is 0. The van der Waals surface area contributed by atoms with Crippen LogP contribution in [0.3, 0.4) is 0 Å². The second-order valence-corrected chi connectivity index (χ2v) is 6.89. The van der Waals surface area contributed by atoms with Crippen LogP contribution in [0.1, 0.15) is 50.3 Å². The van der Waals surface area contributed by atoms with E-state index in [-0.39, 0.29) is 0 Å². The van der Waals surface area contributed by atoms with Crippen molar-refractivity contribution in [2.75, 3.05) is 19.6 Å². The number of nitrogens with zero attached hydrogens (tertiary/aromatic N) is 1. The third-order valence-electron chi connectivity index (χ3n) is 5.11. The van der Waals surface area contributed by atoms with E-state index in [4.69, 9.17) is 17.3 Å². The van der Waals surface area contributed by atoms with Gasteiger partial charge in [0, 0.05) is 17.6 Å². The van der Waals surface area contributed by atoms with Gasteiger partial charge in [-0.15, -0.1) is 0 Å². The van der Waals surface area contributed by atoms with Gasteiger partial charge in [0.15, 0.2) is 0 Å². The SMILES string of the molecule is CCC1(C)CCN(C(CN)c2ccc(Cl)cc2C)CC1. The van der Waals surface area contributed by atoms with Crippen LogP contribution in [0.15, 0.2) is 18.2 Å². The molecule has 2 nitrogen and oxygen atoms in total. The number of piperidine rings is 1.